The van der Waals surface area contributed by atoms with Crippen LogP contribution in [0.3, 0.4) is 0 Å². The number of aryl methyl sites for hydroxylation is 1. The van der Waals surface area contributed by atoms with Crippen molar-refractivity contribution in [2.75, 3.05) is 13.6 Å². The number of guanidine groups is 1. The Morgan fingerprint density at radius 2 is 2.04 bits per heavy atom. The van der Waals surface area contributed by atoms with Crippen LogP contribution in [-0.2, 0) is 6.42 Å². The highest BCUT2D eigenvalue weighted by Gasteiger charge is 2.38. The largest absolute Gasteiger partial charge is 0.356 e. The first-order valence-corrected chi connectivity index (χ1v) is 9.87. The molecule has 1 heterocycles. The lowest BCUT2D eigenvalue weighted by Crippen LogP contribution is -2.39. The Balaban J connectivity index is 0.00000243. The quantitative estimate of drug-likeness (QED) is 0.362. The molecule has 26 heavy (non-hydrogen) atoms. The highest BCUT2D eigenvalue weighted by Crippen LogP contribution is 2.41. The van der Waals surface area contributed by atoms with Crippen LogP contribution in [0.4, 0.5) is 0 Å². The maximum Gasteiger partial charge on any atom is 0.191 e. The minimum atomic E-state index is 0. The summed E-state index contributed by atoms with van der Waals surface area (Å²) in [6.45, 7) is 7.42. The van der Waals surface area contributed by atoms with Gasteiger partial charge in [0.1, 0.15) is 0 Å². The van der Waals surface area contributed by atoms with Gasteiger partial charge in [-0.25, -0.2) is 4.98 Å². The molecule has 0 spiro atoms. The second kappa shape index (κ2) is 9.69. The summed E-state index contributed by atoms with van der Waals surface area (Å²) in [6, 6.07) is 9.57. The van der Waals surface area contributed by atoms with Crippen molar-refractivity contribution in [3.63, 3.8) is 0 Å². The fourth-order valence-corrected chi connectivity index (χ4v) is 3.81. The summed E-state index contributed by atoms with van der Waals surface area (Å²) < 4.78 is 0. The smallest absolute Gasteiger partial charge is 0.191 e. The number of nitrogens with zero attached hydrogens (tertiary/aromatic N) is 2. The van der Waals surface area contributed by atoms with Crippen molar-refractivity contribution in [2.45, 2.75) is 51.5 Å². The van der Waals surface area contributed by atoms with E-state index in [1.807, 2.05) is 13.2 Å². The maximum atomic E-state index is 4.40. The van der Waals surface area contributed by atoms with Gasteiger partial charge >= 0.3 is 0 Å². The number of thiazole rings is 1. The topological polar surface area (TPSA) is 49.3 Å². The molecule has 1 aliphatic rings. The molecule has 1 aromatic carbocycles. The van der Waals surface area contributed by atoms with Crippen molar-refractivity contribution < 1.29 is 0 Å². The third-order valence-electron chi connectivity index (χ3n) is 4.67. The molecule has 0 amide bonds. The molecule has 1 aliphatic carbocycles. The molecule has 1 fully saturated rings. The highest BCUT2D eigenvalue weighted by molar-refractivity contribution is 14.0. The molecule has 2 unspecified atom stereocenters. The monoisotopic (exact) mass is 484 g/mol. The number of hydrogen-bond donors (Lipinski definition) is 2. The third kappa shape index (κ3) is 5.67. The minimum absolute atomic E-state index is 0. The zero-order valence-corrected chi connectivity index (χ0v) is 19.1. The Labute approximate surface area is 177 Å². The molecule has 0 bridgehead atoms. The van der Waals surface area contributed by atoms with E-state index in [0.717, 1.165) is 18.9 Å². The van der Waals surface area contributed by atoms with Gasteiger partial charge in [-0.2, -0.15) is 0 Å². The summed E-state index contributed by atoms with van der Waals surface area (Å²) in [7, 11) is 1.83. The average Bonchev–Trinajstić information content (AvgIpc) is 3.26. The number of halogens is 1. The first-order chi connectivity index (χ1) is 12.1. The molecule has 0 radical (unpaired) electrons. The number of aromatic nitrogens is 1. The maximum absolute atomic E-state index is 4.40. The summed E-state index contributed by atoms with van der Waals surface area (Å²) in [5.74, 6) is 2.08. The van der Waals surface area contributed by atoms with E-state index in [1.54, 1.807) is 11.3 Å². The average molecular weight is 484 g/mol. The van der Waals surface area contributed by atoms with Crippen LogP contribution in [0.25, 0.3) is 0 Å². The molecule has 0 saturated heterocycles. The summed E-state index contributed by atoms with van der Waals surface area (Å²) in [5, 5.41) is 8.12. The Hall–Kier alpha value is -1.15. The number of rotatable bonds is 6. The van der Waals surface area contributed by atoms with Crippen LogP contribution in [0.2, 0.25) is 0 Å². The molecule has 4 nitrogen and oxygen atoms in total. The van der Waals surface area contributed by atoms with Gasteiger partial charge in [0.25, 0.3) is 0 Å². The van der Waals surface area contributed by atoms with Gasteiger partial charge in [0.2, 0.25) is 0 Å². The zero-order valence-electron chi connectivity index (χ0n) is 16.0. The molecule has 2 N–H and O–H groups in total. The molecule has 6 heteroatoms. The van der Waals surface area contributed by atoms with Crippen molar-refractivity contribution in [2.24, 2.45) is 4.99 Å². The van der Waals surface area contributed by atoms with Crippen LogP contribution < -0.4 is 10.6 Å². The number of aliphatic imine (C=N–C) groups is 1. The van der Waals surface area contributed by atoms with Crippen LogP contribution in [0.15, 0.2) is 35.5 Å². The molecule has 1 aromatic heterocycles. The summed E-state index contributed by atoms with van der Waals surface area (Å²) in [5.41, 5.74) is 2.83. The summed E-state index contributed by atoms with van der Waals surface area (Å²) >= 11 is 1.76. The Morgan fingerprint density at radius 3 is 2.62 bits per heavy atom. The van der Waals surface area contributed by atoms with Crippen molar-refractivity contribution in [3.05, 3.63) is 51.5 Å². The lowest BCUT2D eigenvalue weighted by atomic mass is 10.0. The summed E-state index contributed by atoms with van der Waals surface area (Å²) in [6.07, 6.45) is 4.05. The molecular weight excluding hydrogens is 455 g/mol. The minimum Gasteiger partial charge on any atom is -0.356 e. The third-order valence-corrected chi connectivity index (χ3v) is 5.64. The van der Waals surface area contributed by atoms with Gasteiger partial charge in [-0.15, -0.1) is 35.3 Å². The Morgan fingerprint density at radius 1 is 1.31 bits per heavy atom. The normalized spacial score (nSPS) is 19.2. The van der Waals surface area contributed by atoms with Crippen molar-refractivity contribution in [3.8, 4) is 0 Å². The standard InChI is InChI=1S/C20H28N4S.HI/c1-13(2)15-5-7-16(8-6-15)17-11-18(17)24-20(21-4)22-10-9-19-23-12-14(3)25-19;/h5-8,12-13,17-18H,9-11H2,1-4H3,(H2,21,22,24);1H. The van der Waals surface area contributed by atoms with Gasteiger partial charge in [0.15, 0.2) is 5.96 Å². The Kier molecular flexibility index (Phi) is 7.88. The van der Waals surface area contributed by atoms with E-state index in [9.17, 15) is 0 Å². The van der Waals surface area contributed by atoms with Gasteiger partial charge in [0.05, 0.1) is 5.01 Å². The van der Waals surface area contributed by atoms with Gasteiger partial charge in [-0.1, -0.05) is 38.1 Å². The predicted octanol–water partition coefficient (Wildman–Crippen LogP) is 4.46. The van der Waals surface area contributed by atoms with E-state index in [-0.39, 0.29) is 24.0 Å². The first-order valence-electron chi connectivity index (χ1n) is 9.05. The molecule has 0 aliphatic heterocycles. The lowest BCUT2D eigenvalue weighted by molar-refractivity contribution is 0.777. The van der Waals surface area contributed by atoms with Gasteiger partial charge < -0.3 is 10.6 Å². The van der Waals surface area contributed by atoms with Crippen LogP contribution in [0.1, 0.15) is 53.1 Å². The van der Waals surface area contributed by atoms with Gasteiger partial charge in [-0.3, -0.25) is 4.99 Å². The molecule has 3 rings (SSSR count). The lowest BCUT2D eigenvalue weighted by Gasteiger charge is -2.11. The fraction of sp³-hybridized carbons (Fsp3) is 0.500. The second-order valence-electron chi connectivity index (χ2n) is 7.03. The zero-order chi connectivity index (χ0) is 17.8. The van der Waals surface area contributed by atoms with Crippen molar-refractivity contribution in [1.29, 1.82) is 0 Å². The van der Waals surface area contributed by atoms with E-state index in [1.165, 1.54) is 27.4 Å². The number of nitrogens with one attached hydrogen (secondary N) is 2. The molecule has 2 atom stereocenters. The van der Waals surface area contributed by atoms with Crippen LogP contribution in [0, 0.1) is 6.92 Å². The molecular formula is C20H29IN4S. The van der Waals surface area contributed by atoms with Crippen molar-refractivity contribution >= 4 is 41.3 Å². The molecule has 1 saturated carbocycles. The highest BCUT2D eigenvalue weighted by atomic mass is 127. The SMILES string of the molecule is CN=C(NCCc1ncc(C)s1)NC1CC1c1ccc(C(C)C)cc1.I. The van der Waals surface area contributed by atoms with Crippen LogP contribution >= 0.6 is 35.3 Å². The molecule has 2 aromatic rings. The van der Waals surface area contributed by atoms with E-state index in [2.05, 4.69) is 65.6 Å². The fourth-order valence-electron chi connectivity index (χ4n) is 3.03. The van der Waals surface area contributed by atoms with E-state index in [4.69, 9.17) is 0 Å². The van der Waals surface area contributed by atoms with Gasteiger partial charge in [0, 0.05) is 43.0 Å². The number of hydrogen-bond acceptors (Lipinski definition) is 3. The van der Waals surface area contributed by atoms with E-state index in [0.29, 0.717) is 17.9 Å². The second-order valence-corrected chi connectivity index (χ2v) is 8.35. The predicted molar refractivity (Wildman–Crippen MR) is 122 cm³/mol. The van der Waals surface area contributed by atoms with Crippen LogP contribution in [0.5, 0.6) is 0 Å². The molecule has 142 valence electrons. The van der Waals surface area contributed by atoms with Crippen molar-refractivity contribution in [1.82, 2.24) is 15.6 Å². The van der Waals surface area contributed by atoms with Gasteiger partial charge in [-0.05, 0) is 30.4 Å². The van der Waals surface area contributed by atoms with Crippen LogP contribution in [-0.4, -0.2) is 30.6 Å². The van der Waals surface area contributed by atoms with E-state index >= 15 is 0 Å². The first kappa shape index (κ1) is 21.2. The Bertz CT molecular complexity index is 724. The number of benzene rings is 1. The van der Waals surface area contributed by atoms with E-state index < -0.39 is 0 Å². The summed E-state index contributed by atoms with van der Waals surface area (Å²) in [4.78, 5) is 10.0.